The van der Waals surface area contributed by atoms with Crippen molar-refractivity contribution in [2.75, 3.05) is 0 Å². The Bertz CT molecular complexity index is 2630. The van der Waals surface area contributed by atoms with E-state index >= 15 is 0 Å². The smallest absolute Gasteiger partial charge is 0.0435 e. The maximum atomic E-state index is 2.49. The van der Waals surface area contributed by atoms with Gasteiger partial charge in [0, 0.05) is 10.8 Å². The molecule has 0 saturated heterocycles. The Morgan fingerprint density at radius 1 is 0.360 bits per heavy atom. The summed E-state index contributed by atoms with van der Waals surface area (Å²) < 4.78 is 0. The molecule has 8 aromatic carbocycles. The van der Waals surface area contributed by atoms with Crippen molar-refractivity contribution in [1.82, 2.24) is 0 Å². The van der Waals surface area contributed by atoms with Crippen LogP contribution in [0.25, 0.3) is 66.1 Å². The zero-order valence-electron chi connectivity index (χ0n) is 29.0. The molecule has 10 rings (SSSR count). The minimum Gasteiger partial charge on any atom is -0.0622 e. The summed E-state index contributed by atoms with van der Waals surface area (Å²) >= 11 is 0. The number of benzene rings is 8. The van der Waals surface area contributed by atoms with Crippen molar-refractivity contribution in [3.05, 3.63) is 191 Å². The monoisotopic (exact) mass is 638 g/mol. The molecule has 50 heavy (non-hydrogen) atoms. The van der Waals surface area contributed by atoms with Gasteiger partial charge in [-0.15, -0.1) is 0 Å². The van der Waals surface area contributed by atoms with Gasteiger partial charge < -0.3 is 0 Å². The van der Waals surface area contributed by atoms with Gasteiger partial charge in [0.15, 0.2) is 0 Å². The highest BCUT2D eigenvalue weighted by Gasteiger charge is 2.41. The van der Waals surface area contributed by atoms with Crippen LogP contribution in [0.2, 0.25) is 0 Å². The lowest BCUT2D eigenvalue weighted by Crippen LogP contribution is -2.22. The van der Waals surface area contributed by atoms with Crippen molar-refractivity contribution < 1.29 is 0 Å². The fourth-order valence-electron chi connectivity index (χ4n) is 9.49. The summed E-state index contributed by atoms with van der Waals surface area (Å²) in [4.78, 5) is 0. The van der Waals surface area contributed by atoms with Crippen LogP contribution in [0.5, 0.6) is 0 Å². The van der Waals surface area contributed by atoms with E-state index in [-0.39, 0.29) is 10.8 Å². The molecule has 2 aliphatic rings. The van der Waals surface area contributed by atoms with Crippen molar-refractivity contribution >= 4 is 21.5 Å². The third-order valence-corrected chi connectivity index (χ3v) is 12.0. The molecule has 0 aromatic heterocycles. The summed E-state index contributed by atoms with van der Waals surface area (Å²) in [7, 11) is 0. The van der Waals surface area contributed by atoms with Gasteiger partial charge >= 0.3 is 0 Å². The summed E-state index contributed by atoms with van der Waals surface area (Å²) in [5.74, 6) is 0. The second kappa shape index (κ2) is 10.4. The molecule has 0 heteroatoms. The largest absolute Gasteiger partial charge is 0.0622 e. The van der Waals surface area contributed by atoms with E-state index in [4.69, 9.17) is 0 Å². The van der Waals surface area contributed by atoms with Crippen molar-refractivity contribution in [2.45, 2.75) is 38.5 Å². The predicted molar refractivity (Wildman–Crippen MR) is 212 cm³/mol. The third-order valence-electron chi connectivity index (χ3n) is 12.0. The van der Waals surface area contributed by atoms with Crippen LogP contribution in [-0.2, 0) is 10.8 Å². The van der Waals surface area contributed by atoms with Crippen LogP contribution in [0.3, 0.4) is 0 Å². The van der Waals surface area contributed by atoms with E-state index in [1.54, 1.807) is 0 Å². The third kappa shape index (κ3) is 3.88. The van der Waals surface area contributed by atoms with E-state index in [0.717, 1.165) is 0 Å². The topological polar surface area (TPSA) is 0 Å². The highest BCUT2D eigenvalue weighted by Crippen LogP contribution is 2.55. The van der Waals surface area contributed by atoms with E-state index in [0.29, 0.717) is 0 Å². The zero-order chi connectivity index (χ0) is 33.8. The SMILES string of the molecule is Cc1ccc2c(c1)C(C)(C)c1cc(-c3c4ccccc4c(-c4ccc5c(c4)C(C)(c4ccccc4)c4ccccc4-5)c4ccccc34)ccc1-2. The van der Waals surface area contributed by atoms with Gasteiger partial charge in [-0.2, -0.15) is 0 Å². The molecular formula is C50H38. The quantitative estimate of drug-likeness (QED) is 0.169. The first-order valence-corrected chi connectivity index (χ1v) is 17.9. The molecule has 0 saturated carbocycles. The number of rotatable bonds is 3. The normalized spacial score (nSPS) is 16.6. The Morgan fingerprint density at radius 3 is 1.40 bits per heavy atom. The first-order valence-electron chi connectivity index (χ1n) is 17.9. The minimum absolute atomic E-state index is 0.0638. The molecule has 238 valence electrons. The number of aryl methyl sites for hydroxylation is 1. The average Bonchev–Trinajstić information content (AvgIpc) is 3.54. The van der Waals surface area contributed by atoms with Gasteiger partial charge in [-0.1, -0.05) is 165 Å². The molecule has 1 atom stereocenters. The molecule has 0 nitrogen and oxygen atoms in total. The molecule has 0 spiro atoms. The van der Waals surface area contributed by atoms with Crippen molar-refractivity contribution in [3.63, 3.8) is 0 Å². The highest BCUT2D eigenvalue weighted by molar-refractivity contribution is 6.21. The van der Waals surface area contributed by atoms with Gasteiger partial charge in [-0.3, -0.25) is 0 Å². The van der Waals surface area contributed by atoms with Gasteiger partial charge in [-0.25, -0.2) is 0 Å². The highest BCUT2D eigenvalue weighted by atomic mass is 14.4. The molecule has 0 N–H and O–H groups in total. The number of hydrogen-bond acceptors (Lipinski definition) is 0. The summed E-state index contributed by atoms with van der Waals surface area (Å²) in [6.07, 6.45) is 0. The molecule has 0 amide bonds. The van der Waals surface area contributed by atoms with Crippen LogP contribution < -0.4 is 0 Å². The fraction of sp³-hybridized carbons (Fsp3) is 0.120. The fourth-order valence-corrected chi connectivity index (χ4v) is 9.49. The lowest BCUT2D eigenvalue weighted by atomic mass is 9.73. The second-order valence-corrected chi connectivity index (χ2v) is 15.1. The van der Waals surface area contributed by atoms with E-state index in [2.05, 4.69) is 185 Å². The predicted octanol–water partition coefficient (Wildman–Crippen LogP) is 13.3. The molecule has 0 bridgehead atoms. The Balaban J connectivity index is 1.22. The molecule has 8 aromatic rings. The standard InChI is InChI=1S/C50H38/c1-31-22-25-36-37-26-23-32(29-45(37)49(2,3)44(36)28-31)47-39-17-8-10-19-41(39)48(42-20-11-9-18-40(42)47)33-24-27-38-35-16-12-13-21-43(35)50(4,46(38)30-33)34-14-6-5-7-15-34/h5-30H,1-4H3. The maximum Gasteiger partial charge on any atom is 0.0435 e. The van der Waals surface area contributed by atoms with E-state index in [1.165, 1.54) is 99.4 Å². The van der Waals surface area contributed by atoms with Gasteiger partial charge in [-0.05, 0) is 120 Å². The van der Waals surface area contributed by atoms with E-state index < -0.39 is 0 Å². The molecule has 0 fully saturated rings. The van der Waals surface area contributed by atoms with Crippen LogP contribution in [0, 0.1) is 6.92 Å². The van der Waals surface area contributed by atoms with Crippen LogP contribution in [0.1, 0.15) is 54.2 Å². The van der Waals surface area contributed by atoms with Crippen molar-refractivity contribution in [1.29, 1.82) is 0 Å². The maximum absolute atomic E-state index is 2.49. The molecule has 0 heterocycles. The lowest BCUT2D eigenvalue weighted by molar-refractivity contribution is 0.660. The van der Waals surface area contributed by atoms with Gasteiger partial charge in [0.2, 0.25) is 0 Å². The number of fused-ring (bicyclic) bond motifs is 8. The lowest BCUT2D eigenvalue weighted by Gasteiger charge is -2.29. The van der Waals surface area contributed by atoms with Crippen LogP contribution in [-0.4, -0.2) is 0 Å². The van der Waals surface area contributed by atoms with E-state index in [9.17, 15) is 0 Å². The average molecular weight is 639 g/mol. The molecular weight excluding hydrogens is 601 g/mol. The molecule has 2 aliphatic carbocycles. The van der Waals surface area contributed by atoms with Crippen LogP contribution in [0.15, 0.2) is 158 Å². The molecule has 0 aliphatic heterocycles. The first-order chi connectivity index (χ1) is 24.4. The minimum atomic E-state index is -0.248. The Labute approximate surface area is 294 Å². The summed E-state index contributed by atoms with van der Waals surface area (Å²) in [5.41, 5.74) is 18.5. The van der Waals surface area contributed by atoms with Gasteiger partial charge in [0.25, 0.3) is 0 Å². The van der Waals surface area contributed by atoms with Gasteiger partial charge in [0.05, 0.1) is 0 Å². The first kappa shape index (κ1) is 29.2. The Hall–Kier alpha value is -5.72. The van der Waals surface area contributed by atoms with Crippen LogP contribution >= 0.6 is 0 Å². The molecule has 1 unspecified atom stereocenters. The van der Waals surface area contributed by atoms with Gasteiger partial charge in [0.1, 0.15) is 0 Å². The number of hydrogen-bond donors (Lipinski definition) is 0. The van der Waals surface area contributed by atoms with Crippen molar-refractivity contribution in [3.8, 4) is 44.5 Å². The summed E-state index contributed by atoms with van der Waals surface area (Å²) in [6.45, 7) is 9.38. The van der Waals surface area contributed by atoms with Crippen molar-refractivity contribution in [2.24, 2.45) is 0 Å². The Kier molecular flexibility index (Phi) is 6.07. The van der Waals surface area contributed by atoms with E-state index in [1.807, 2.05) is 0 Å². The second-order valence-electron chi connectivity index (χ2n) is 15.1. The summed E-state index contributed by atoms with van der Waals surface area (Å²) in [5, 5.41) is 5.16. The molecule has 0 radical (unpaired) electrons. The summed E-state index contributed by atoms with van der Waals surface area (Å²) in [6, 6.07) is 59.5. The zero-order valence-corrected chi connectivity index (χ0v) is 29.0. The van der Waals surface area contributed by atoms with Crippen LogP contribution in [0.4, 0.5) is 0 Å². The Morgan fingerprint density at radius 2 is 0.800 bits per heavy atom.